The number of rotatable bonds is 3. The van der Waals surface area contributed by atoms with Crippen molar-refractivity contribution in [2.24, 2.45) is 5.92 Å². The second-order valence-electron chi connectivity index (χ2n) is 12.7. The summed E-state index contributed by atoms with van der Waals surface area (Å²) in [4.78, 5) is 2.59. The molecule has 43 heavy (non-hydrogen) atoms. The van der Waals surface area contributed by atoms with Crippen molar-refractivity contribution in [3.05, 3.63) is 167 Å². The molecule has 0 saturated heterocycles. The number of nitrogens with zero attached hydrogens (tertiary/aromatic N) is 1. The maximum absolute atomic E-state index is 2.60. The number of allylic oxidation sites excluding steroid dienone is 8. The molecule has 4 atom stereocenters. The molecule has 1 aliphatic heterocycles. The molecule has 0 bridgehead atoms. The van der Waals surface area contributed by atoms with Gasteiger partial charge in [0.05, 0.1) is 6.04 Å². The number of hydrogen-bond donors (Lipinski definition) is 0. The fourth-order valence-corrected chi connectivity index (χ4v) is 8.66. The molecule has 0 fully saturated rings. The Morgan fingerprint density at radius 2 is 1.51 bits per heavy atom. The first-order chi connectivity index (χ1) is 21.3. The first kappa shape index (κ1) is 24.9. The summed E-state index contributed by atoms with van der Waals surface area (Å²) < 4.78 is 0. The summed E-state index contributed by atoms with van der Waals surface area (Å²) >= 11 is 0. The highest BCUT2D eigenvalue weighted by Crippen LogP contribution is 2.56. The lowest BCUT2D eigenvalue weighted by Crippen LogP contribution is -2.28. The maximum atomic E-state index is 2.60. The summed E-state index contributed by atoms with van der Waals surface area (Å²) in [7, 11) is 0. The largest absolute Gasteiger partial charge is 0.333 e. The summed E-state index contributed by atoms with van der Waals surface area (Å²) in [5.74, 6) is 1.51. The Morgan fingerprint density at radius 3 is 2.47 bits per heavy atom. The summed E-state index contributed by atoms with van der Waals surface area (Å²) in [6, 6.07) is 36.4. The summed E-state index contributed by atoms with van der Waals surface area (Å²) in [6.45, 7) is 0. The second-order valence-corrected chi connectivity index (χ2v) is 12.7. The number of fused-ring (bicyclic) bond motifs is 8. The topological polar surface area (TPSA) is 3.24 Å². The van der Waals surface area contributed by atoms with Gasteiger partial charge in [-0.2, -0.15) is 0 Å². The highest BCUT2D eigenvalue weighted by atomic mass is 15.2. The van der Waals surface area contributed by atoms with Crippen molar-refractivity contribution < 1.29 is 0 Å². The predicted octanol–water partition coefficient (Wildman–Crippen LogP) is 10.8. The van der Waals surface area contributed by atoms with E-state index in [1.165, 1.54) is 63.2 Å². The lowest BCUT2D eigenvalue weighted by atomic mass is 9.63. The quantitative estimate of drug-likeness (QED) is 0.244. The molecule has 0 saturated carbocycles. The van der Waals surface area contributed by atoms with Crippen LogP contribution in [0.2, 0.25) is 0 Å². The van der Waals surface area contributed by atoms with Gasteiger partial charge in [-0.15, -0.1) is 0 Å². The number of hydrogen-bond acceptors (Lipinski definition) is 1. The molecule has 0 amide bonds. The molecule has 208 valence electrons. The SMILES string of the molecule is C1=CC2c3c(C4=CCC5C6=C(C=CCC6)c6ccccc6C5C4)cccc3N(c3cccc(-c4ccccc4)c3)C2C=C1. The maximum Gasteiger partial charge on any atom is 0.0629 e. The summed E-state index contributed by atoms with van der Waals surface area (Å²) in [6.07, 6.45) is 21.3. The van der Waals surface area contributed by atoms with Crippen LogP contribution in [-0.2, 0) is 0 Å². The standard InChI is InChI=1S/C42H35N/c1-2-12-28(13-3-1)29-14-10-15-31(26-29)43-40-22-9-8-20-38(40)42-32(21-11-23-41(42)43)30-24-25-37-35-18-5-4-16-33(35)34-17-6-7-19-36(34)39(37)27-30/h1-4,6-17,19-24,26,37-40H,5,18,25,27H2. The predicted molar refractivity (Wildman–Crippen MR) is 180 cm³/mol. The molecular weight excluding hydrogens is 518 g/mol. The molecule has 0 aromatic heterocycles. The summed E-state index contributed by atoms with van der Waals surface area (Å²) in [5.41, 5.74) is 15.8. The Labute approximate surface area is 254 Å². The molecular formula is C42H35N. The molecule has 0 N–H and O–H groups in total. The highest BCUT2D eigenvalue weighted by molar-refractivity contribution is 5.86. The average molecular weight is 554 g/mol. The molecule has 4 aromatic carbocycles. The van der Waals surface area contributed by atoms with Crippen LogP contribution in [0.25, 0.3) is 22.3 Å². The molecule has 9 rings (SSSR count). The van der Waals surface area contributed by atoms with Crippen LogP contribution in [0.4, 0.5) is 11.4 Å². The van der Waals surface area contributed by atoms with Gasteiger partial charge >= 0.3 is 0 Å². The zero-order chi connectivity index (χ0) is 28.3. The van der Waals surface area contributed by atoms with Gasteiger partial charge in [-0.25, -0.2) is 0 Å². The van der Waals surface area contributed by atoms with E-state index < -0.39 is 0 Å². The van der Waals surface area contributed by atoms with E-state index in [1.807, 2.05) is 0 Å². The van der Waals surface area contributed by atoms with E-state index in [9.17, 15) is 0 Å². The van der Waals surface area contributed by atoms with Crippen LogP contribution in [0.5, 0.6) is 0 Å². The van der Waals surface area contributed by atoms with Crippen LogP contribution in [0.1, 0.15) is 59.8 Å². The third-order valence-corrected chi connectivity index (χ3v) is 10.5. The van der Waals surface area contributed by atoms with E-state index in [0.717, 1.165) is 12.8 Å². The molecule has 0 radical (unpaired) electrons. The van der Waals surface area contributed by atoms with Gasteiger partial charge in [0.2, 0.25) is 0 Å². The van der Waals surface area contributed by atoms with Crippen LogP contribution in [0.3, 0.4) is 0 Å². The molecule has 4 aromatic rings. The van der Waals surface area contributed by atoms with E-state index in [-0.39, 0.29) is 6.04 Å². The lowest BCUT2D eigenvalue weighted by Gasteiger charge is -2.41. The van der Waals surface area contributed by atoms with E-state index >= 15 is 0 Å². The van der Waals surface area contributed by atoms with Crippen LogP contribution in [0, 0.1) is 5.92 Å². The van der Waals surface area contributed by atoms with Crippen molar-refractivity contribution in [3.8, 4) is 11.1 Å². The first-order valence-corrected chi connectivity index (χ1v) is 16.0. The lowest BCUT2D eigenvalue weighted by molar-refractivity contribution is 0.459. The molecule has 1 heteroatoms. The fourth-order valence-electron chi connectivity index (χ4n) is 8.66. The number of benzene rings is 4. The Balaban J connectivity index is 1.14. The zero-order valence-corrected chi connectivity index (χ0v) is 24.4. The minimum Gasteiger partial charge on any atom is -0.333 e. The Bertz CT molecular complexity index is 1900. The summed E-state index contributed by atoms with van der Waals surface area (Å²) in [5, 5.41) is 0. The van der Waals surface area contributed by atoms with Gasteiger partial charge in [-0.1, -0.05) is 127 Å². The van der Waals surface area contributed by atoms with Crippen molar-refractivity contribution in [1.29, 1.82) is 0 Å². The molecule has 5 aliphatic rings. The Morgan fingerprint density at radius 1 is 0.698 bits per heavy atom. The van der Waals surface area contributed by atoms with Crippen molar-refractivity contribution in [2.45, 2.75) is 43.6 Å². The van der Waals surface area contributed by atoms with E-state index in [4.69, 9.17) is 0 Å². The third kappa shape index (κ3) is 3.91. The van der Waals surface area contributed by atoms with Crippen LogP contribution in [-0.4, -0.2) is 6.04 Å². The zero-order valence-electron chi connectivity index (χ0n) is 24.4. The molecule has 4 unspecified atom stereocenters. The van der Waals surface area contributed by atoms with Gasteiger partial charge in [0.1, 0.15) is 0 Å². The minimum absolute atomic E-state index is 0.279. The van der Waals surface area contributed by atoms with Crippen molar-refractivity contribution in [1.82, 2.24) is 0 Å². The highest BCUT2D eigenvalue weighted by Gasteiger charge is 2.41. The average Bonchev–Trinajstić information content (AvgIpc) is 3.43. The Hall–Kier alpha value is -4.62. The smallest absolute Gasteiger partial charge is 0.0629 e. The van der Waals surface area contributed by atoms with Crippen LogP contribution < -0.4 is 4.90 Å². The molecule has 1 nitrogen and oxygen atoms in total. The molecule has 0 spiro atoms. The second kappa shape index (κ2) is 9.99. The molecule has 1 heterocycles. The Kier molecular flexibility index (Phi) is 5.79. The van der Waals surface area contributed by atoms with Crippen molar-refractivity contribution in [3.63, 3.8) is 0 Å². The third-order valence-electron chi connectivity index (χ3n) is 10.5. The normalized spacial score (nSPS) is 24.6. The van der Waals surface area contributed by atoms with Gasteiger partial charge < -0.3 is 4.90 Å². The van der Waals surface area contributed by atoms with Gasteiger partial charge in [0, 0.05) is 17.3 Å². The van der Waals surface area contributed by atoms with Gasteiger partial charge in [0.25, 0.3) is 0 Å². The van der Waals surface area contributed by atoms with E-state index in [0.29, 0.717) is 17.8 Å². The monoisotopic (exact) mass is 553 g/mol. The van der Waals surface area contributed by atoms with Crippen LogP contribution in [0.15, 0.2) is 145 Å². The first-order valence-electron chi connectivity index (χ1n) is 16.0. The van der Waals surface area contributed by atoms with E-state index in [2.05, 4.69) is 144 Å². The van der Waals surface area contributed by atoms with Gasteiger partial charge in [0.15, 0.2) is 0 Å². The fraction of sp³-hybridized carbons (Fsp3) is 0.190. The van der Waals surface area contributed by atoms with Crippen molar-refractivity contribution in [2.75, 3.05) is 4.90 Å². The van der Waals surface area contributed by atoms with Gasteiger partial charge in [-0.05, 0) is 100 Å². The van der Waals surface area contributed by atoms with E-state index in [1.54, 1.807) is 11.1 Å². The van der Waals surface area contributed by atoms with Crippen LogP contribution >= 0.6 is 0 Å². The van der Waals surface area contributed by atoms with Gasteiger partial charge in [-0.3, -0.25) is 0 Å². The van der Waals surface area contributed by atoms with Crippen molar-refractivity contribution >= 4 is 22.5 Å². The minimum atomic E-state index is 0.279. The molecule has 4 aliphatic carbocycles. The number of anilines is 2.